The molecule has 1 rings (SSSR count). The van der Waals surface area contributed by atoms with Crippen molar-refractivity contribution in [3.05, 3.63) is 12.2 Å². The lowest BCUT2D eigenvalue weighted by Gasteiger charge is -2.25. The highest BCUT2D eigenvalue weighted by Crippen LogP contribution is 2.23. The Bertz CT molecular complexity index is 212. The monoisotopic (exact) mass is 200 g/mol. The molecule has 0 amide bonds. The largest absolute Gasteiger partial charge is 0.469 e. The number of carbonyl (C=O) groups excluding carboxylic acids is 1. The minimum atomic E-state index is -0.213. The van der Waals surface area contributed by atoms with Crippen LogP contribution in [0.4, 0.5) is 0 Å². The summed E-state index contributed by atoms with van der Waals surface area (Å²) in [6.07, 6.45) is 5.30. The molecule has 0 aliphatic heterocycles. The van der Waals surface area contributed by atoms with Crippen LogP contribution in [-0.2, 0) is 19.0 Å². The van der Waals surface area contributed by atoms with Crippen molar-refractivity contribution >= 4 is 5.97 Å². The first-order valence-electron chi connectivity index (χ1n) is 4.63. The maximum Gasteiger partial charge on any atom is 0.311 e. The number of allylic oxidation sites excluding steroid dienone is 1. The van der Waals surface area contributed by atoms with Crippen molar-refractivity contribution in [3.63, 3.8) is 0 Å². The summed E-state index contributed by atoms with van der Waals surface area (Å²) in [6, 6.07) is 0. The molecule has 0 fully saturated rings. The van der Waals surface area contributed by atoms with Crippen molar-refractivity contribution in [3.8, 4) is 0 Å². The maximum atomic E-state index is 11.4. The van der Waals surface area contributed by atoms with Crippen LogP contribution < -0.4 is 0 Å². The van der Waals surface area contributed by atoms with E-state index >= 15 is 0 Å². The number of carbonyl (C=O) groups is 1. The molecule has 80 valence electrons. The first-order chi connectivity index (χ1) is 6.79. The van der Waals surface area contributed by atoms with Crippen LogP contribution in [0.25, 0.3) is 0 Å². The Morgan fingerprint density at radius 3 is 2.71 bits per heavy atom. The van der Waals surface area contributed by atoms with Crippen molar-refractivity contribution in [1.82, 2.24) is 0 Å². The third-order valence-corrected chi connectivity index (χ3v) is 2.28. The van der Waals surface area contributed by atoms with Gasteiger partial charge in [0.25, 0.3) is 0 Å². The fourth-order valence-corrected chi connectivity index (χ4v) is 1.53. The van der Waals surface area contributed by atoms with E-state index in [4.69, 9.17) is 14.2 Å². The highest BCUT2D eigenvalue weighted by atomic mass is 16.7. The molecule has 0 radical (unpaired) electrons. The minimum absolute atomic E-state index is 0.118. The second-order valence-corrected chi connectivity index (χ2v) is 3.18. The van der Waals surface area contributed by atoms with E-state index in [0.717, 1.165) is 6.42 Å². The number of methoxy groups -OCH3 is 2. The Morgan fingerprint density at radius 2 is 2.07 bits per heavy atom. The van der Waals surface area contributed by atoms with Crippen LogP contribution in [0.5, 0.6) is 0 Å². The molecule has 1 aliphatic rings. The Labute approximate surface area is 83.8 Å². The molecule has 0 N–H and O–H groups in total. The molecule has 0 spiro atoms. The molecule has 0 saturated heterocycles. The Morgan fingerprint density at radius 1 is 1.36 bits per heavy atom. The van der Waals surface area contributed by atoms with Crippen LogP contribution in [0.2, 0.25) is 0 Å². The Balaban J connectivity index is 2.51. The standard InChI is InChI=1S/C10H16O4/c1-12-7-14-9-6-4-3-5-8(9)10(11)13-2/h3-4,8-9H,5-7H2,1-2H3. The topological polar surface area (TPSA) is 44.8 Å². The zero-order chi connectivity index (χ0) is 10.4. The second kappa shape index (κ2) is 5.78. The maximum absolute atomic E-state index is 11.4. The van der Waals surface area contributed by atoms with Gasteiger partial charge in [-0.05, 0) is 12.8 Å². The molecule has 1 aliphatic carbocycles. The number of esters is 1. The average Bonchev–Trinajstić information content (AvgIpc) is 2.25. The van der Waals surface area contributed by atoms with E-state index in [1.165, 1.54) is 7.11 Å². The number of rotatable bonds is 4. The van der Waals surface area contributed by atoms with Gasteiger partial charge in [0.15, 0.2) is 0 Å². The van der Waals surface area contributed by atoms with Gasteiger partial charge in [0, 0.05) is 7.11 Å². The van der Waals surface area contributed by atoms with Gasteiger partial charge in [0.2, 0.25) is 0 Å². The summed E-state index contributed by atoms with van der Waals surface area (Å²) < 4.78 is 14.9. The zero-order valence-corrected chi connectivity index (χ0v) is 8.56. The fraction of sp³-hybridized carbons (Fsp3) is 0.700. The molecule has 0 aromatic heterocycles. The van der Waals surface area contributed by atoms with Gasteiger partial charge in [-0.1, -0.05) is 12.2 Å². The SMILES string of the molecule is COCOC1CC=CCC1C(=O)OC. The lowest BCUT2D eigenvalue weighted by Crippen LogP contribution is -2.33. The van der Waals surface area contributed by atoms with Crippen molar-refractivity contribution in [2.75, 3.05) is 21.0 Å². The summed E-state index contributed by atoms with van der Waals surface area (Å²) in [4.78, 5) is 11.4. The van der Waals surface area contributed by atoms with Gasteiger partial charge in [-0.15, -0.1) is 0 Å². The minimum Gasteiger partial charge on any atom is -0.469 e. The van der Waals surface area contributed by atoms with Gasteiger partial charge in [0.05, 0.1) is 19.1 Å². The van der Waals surface area contributed by atoms with E-state index in [-0.39, 0.29) is 24.8 Å². The van der Waals surface area contributed by atoms with Crippen LogP contribution in [0.3, 0.4) is 0 Å². The summed E-state index contributed by atoms with van der Waals surface area (Å²) in [5.74, 6) is -0.407. The molecular weight excluding hydrogens is 184 g/mol. The van der Waals surface area contributed by atoms with Crippen LogP contribution in [0.1, 0.15) is 12.8 Å². The van der Waals surface area contributed by atoms with E-state index < -0.39 is 0 Å². The highest BCUT2D eigenvalue weighted by Gasteiger charge is 2.30. The van der Waals surface area contributed by atoms with Crippen LogP contribution in [0.15, 0.2) is 12.2 Å². The van der Waals surface area contributed by atoms with Gasteiger partial charge in [-0.25, -0.2) is 0 Å². The van der Waals surface area contributed by atoms with Crippen LogP contribution in [-0.4, -0.2) is 33.1 Å². The predicted octanol–water partition coefficient (Wildman–Crippen LogP) is 1.11. The lowest BCUT2D eigenvalue weighted by atomic mass is 9.91. The van der Waals surface area contributed by atoms with Crippen LogP contribution in [0, 0.1) is 5.92 Å². The average molecular weight is 200 g/mol. The van der Waals surface area contributed by atoms with E-state index in [0.29, 0.717) is 6.42 Å². The van der Waals surface area contributed by atoms with Gasteiger partial charge in [0.1, 0.15) is 6.79 Å². The quantitative estimate of drug-likeness (QED) is 0.387. The molecule has 14 heavy (non-hydrogen) atoms. The highest BCUT2D eigenvalue weighted by molar-refractivity contribution is 5.73. The summed E-state index contributed by atoms with van der Waals surface area (Å²) in [6.45, 7) is 0.214. The summed E-state index contributed by atoms with van der Waals surface area (Å²) >= 11 is 0. The van der Waals surface area contributed by atoms with E-state index in [9.17, 15) is 4.79 Å². The zero-order valence-electron chi connectivity index (χ0n) is 8.56. The first-order valence-corrected chi connectivity index (χ1v) is 4.63. The molecule has 0 bridgehead atoms. The smallest absolute Gasteiger partial charge is 0.311 e. The second-order valence-electron chi connectivity index (χ2n) is 3.18. The van der Waals surface area contributed by atoms with Crippen molar-refractivity contribution in [2.45, 2.75) is 18.9 Å². The molecule has 0 heterocycles. The molecule has 0 aromatic rings. The third-order valence-electron chi connectivity index (χ3n) is 2.28. The Hall–Kier alpha value is -0.870. The molecule has 4 nitrogen and oxygen atoms in total. The third kappa shape index (κ3) is 2.82. The lowest BCUT2D eigenvalue weighted by molar-refractivity contribution is -0.156. The van der Waals surface area contributed by atoms with Gasteiger partial charge in [-0.3, -0.25) is 4.79 Å². The molecular formula is C10H16O4. The number of ether oxygens (including phenoxy) is 3. The molecule has 0 saturated carbocycles. The van der Waals surface area contributed by atoms with E-state index in [2.05, 4.69) is 0 Å². The van der Waals surface area contributed by atoms with E-state index in [1.54, 1.807) is 7.11 Å². The van der Waals surface area contributed by atoms with Gasteiger partial charge in [-0.2, -0.15) is 0 Å². The molecule has 2 atom stereocenters. The Kier molecular flexibility index (Phi) is 4.62. The van der Waals surface area contributed by atoms with Crippen molar-refractivity contribution in [2.24, 2.45) is 5.92 Å². The van der Waals surface area contributed by atoms with Crippen molar-refractivity contribution in [1.29, 1.82) is 0 Å². The van der Waals surface area contributed by atoms with E-state index in [1.807, 2.05) is 12.2 Å². The molecule has 4 heteroatoms. The first kappa shape index (κ1) is 11.2. The molecule has 0 aromatic carbocycles. The molecule has 2 unspecified atom stereocenters. The summed E-state index contributed by atoms with van der Waals surface area (Å²) in [5, 5.41) is 0. The fourth-order valence-electron chi connectivity index (χ4n) is 1.53. The van der Waals surface area contributed by atoms with Gasteiger partial charge < -0.3 is 14.2 Å². The van der Waals surface area contributed by atoms with Gasteiger partial charge >= 0.3 is 5.97 Å². The number of hydrogen-bond acceptors (Lipinski definition) is 4. The summed E-state index contributed by atoms with van der Waals surface area (Å²) in [7, 11) is 2.96. The normalized spacial score (nSPS) is 26.1. The van der Waals surface area contributed by atoms with Crippen molar-refractivity contribution < 1.29 is 19.0 Å². The summed E-state index contributed by atoms with van der Waals surface area (Å²) in [5.41, 5.74) is 0. The number of hydrogen-bond donors (Lipinski definition) is 0. The van der Waals surface area contributed by atoms with Crippen LogP contribution >= 0.6 is 0 Å². The predicted molar refractivity (Wildman–Crippen MR) is 50.6 cm³/mol.